The lowest BCUT2D eigenvalue weighted by Gasteiger charge is -2.43. The Morgan fingerprint density at radius 1 is 1.28 bits per heavy atom. The van der Waals surface area contributed by atoms with Crippen LogP contribution in [0.1, 0.15) is 18.9 Å². The number of nitrogens with one attached hydrogen (secondary N) is 2. The fourth-order valence-corrected chi connectivity index (χ4v) is 4.69. The molecule has 1 aromatic carbocycles. The van der Waals surface area contributed by atoms with Crippen LogP contribution in [0.2, 0.25) is 0 Å². The van der Waals surface area contributed by atoms with E-state index in [-0.39, 0.29) is 15.2 Å². The first-order chi connectivity index (χ1) is 13.7. The number of rotatable bonds is 3. The van der Waals surface area contributed by atoms with E-state index in [0.29, 0.717) is 29.8 Å². The van der Waals surface area contributed by atoms with E-state index in [4.69, 9.17) is 16.3 Å². The fraction of sp³-hybridized carbons (Fsp3) is 0.350. The summed E-state index contributed by atoms with van der Waals surface area (Å²) in [5.41, 5.74) is 4.86. The number of aromatic nitrogens is 1. The molecule has 3 unspecified atom stereocenters. The number of allylic oxidation sites excluding steroid dienone is 1. The number of pyridine rings is 1. The molecular weight excluding hydrogens is 407 g/mol. The van der Waals surface area contributed by atoms with Crippen LogP contribution in [-0.2, 0) is 4.74 Å². The molecule has 29 heavy (non-hydrogen) atoms. The van der Waals surface area contributed by atoms with Crippen LogP contribution in [0.5, 0.6) is 0 Å². The summed E-state index contributed by atoms with van der Waals surface area (Å²) in [5, 5.41) is 0.510. The highest BCUT2D eigenvalue weighted by molar-refractivity contribution is 6.31. The topological polar surface area (TPSA) is 54.1 Å². The number of likely N-dealkylation sites (N-methyl/N-ethyl adjacent to an activating group) is 1. The van der Waals surface area contributed by atoms with E-state index in [1.165, 1.54) is 13.2 Å². The van der Waals surface area contributed by atoms with Crippen molar-refractivity contribution in [2.45, 2.75) is 31.8 Å². The van der Waals surface area contributed by atoms with Crippen molar-refractivity contribution in [1.82, 2.24) is 10.4 Å². The Bertz CT molecular complexity index is 1090. The van der Waals surface area contributed by atoms with Crippen LogP contribution in [0.15, 0.2) is 51.9 Å². The van der Waals surface area contributed by atoms with Gasteiger partial charge in [0.15, 0.2) is 11.7 Å². The summed E-state index contributed by atoms with van der Waals surface area (Å²) in [7, 11) is 1.49. The molecule has 0 amide bonds. The molecule has 0 radical (unpaired) electrons. The first kappa shape index (κ1) is 20.2. The molecule has 0 saturated carbocycles. The minimum absolute atomic E-state index is 0.199. The van der Waals surface area contributed by atoms with Gasteiger partial charge in [0.2, 0.25) is 11.8 Å². The zero-order valence-electron chi connectivity index (χ0n) is 15.8. The van der Waals surface area contributed by atoms with Crippen molar-refractivity contribution in [1.29, 1.82) is 0 Å². The zero-order valence-corrected chi connectivity index (χ0v) is 16.6. The number of hydrogen-bond acceptors (Lipinski definition) is 3. The van der Waals surface area contributed by atoms with Crippen molar-refractivity contribution in [2.75, 3.05) is 13.7 Å². The summed E-state index contributed by atoms with van der Waals surface area (Å²) < 4.78 is 46.4. The summed E-state index contributed by atoms with van der Waals surface area (Å²) in [6.07, 6.45) is -2.77. The number of fused-ring (bicyclic) bond motifs is 2. The quantitative estimate of drug-likeness (QED) is 0.729. The van der Waals surface area contributed by atoms with Crippen LogP contribution in [0.3, 0.4) is 0 Å². The maximum Gasteiger partial charge on any atom is 0.414 e. The number of ether oxygens (including phenoxy) is 1. The number of aromatic amines is 1. The maximum absolute atomic E-state index is 13.7. The third kappa shape index (κ3) is 3.11. The van der Waals surface area contributed by atoms with E-state index in [9.17, 15) is 18.0 Å². The zero-order chi connectivity index (χ0) is 21.0. The summed E-state index contributed by atoms with van der Waals surface area (Å²) in [5.74, 6) is 0. The third-order valence-corrected chi connectivity index (χ3v) is 6.04. The molecule has 3 heterocycles. The monoisotopic (exact) mass is 426 g/mol. The van der Waals surface area contributed by atoms with E-state index in [1.807, 2.05) is 12.1 Å². The molecule has 154 valence electrons. The van der Waals surface area contributed by atoms with Gasteiger partial charge in [-0.2, -0.15) is 17.8 Å². The van der Waals surface area contributed by atoms with E-state index >= 15 is 0 Å². The molecule has 0 saturated heterocycles. The van der Waals surface area contributed by atoms with Gasteiger partial charge in [-0.1, -0.05) is 23.7 Å². The average molecular weight is 427 g/mol. The molecule has 4 rings (SSSR count). The van der Waals surface area contributed by atoms with E-state index in [0.717, 1.165) is 10.9 Å². The average Bonchev–Trinajstić information content (AvgIpc) is 3.01. The van der Waals surface area contributed by atoms with E-state index in [2.05, 4.69) is 10.4 Å². The number of H-pyrrole nitrogens is 1. The van der Waals surface area contributed by atoms with Gasteiger partial charge in [-0.05, 0) is 36.1 Å². The van der Waals surface area contributed by atoms with Gasteiger partial charge in [-0.3, -0.25) is 4.79 Å². The molecule has 9 heteroatoms. The van der Waals surface area contributed by atoms with Crippen molar-refractivity contribution < 1.29 is 22.5 Å². The molecule has 3 atom stereocenters. The predicted octanol–water partition coefficient (Wildman–Crippen LogP) is 4.02. The number of nitrogens with zero attached hydrogens (tertiary/aromatic N) is 1. The SMILES string of the molecule is CC[N+]12NC(C(F)(F)F)C(Cl)=C1C(c1ccc3[nH]c(=O)ccc3c1)=CCC2OC. The van der Waals surface area contributed by atoms with Gasteiger partial charge >= 0.3 is 6.18 Å². The van der Waals surface area contributed by atoms with Crippen molar-refractivity contribution in [3.05, 3.63) is 63.1 Å². The van der Waals surface area contributed by atoms with Gasteiger partial charge in [-0.15, -0.1) is 5.43 Å². The molecule has 2 aromatic rings. The fourth-order valence-electron chi connectivity index (χ4n) is 4.27. The molecule has 1 aromatic heterocycles. The maximum atomic E-state index is 13.7. The molecular formula is C20H20ClF3N3O2+. The van der Waals surface area contributed by atoms with Crippen LogP contribution in [0.25, 0.3) is 16.5 Å². The van der Waals surface area contributed by atoms with Gasteiger partial charge in [-0.25, -0.2) is 0 Å². The van der Waals surface area contributed by atoms with Gasteiger partial charge in [0, 0.05) is 30.7 Å². The number of halogens is 4. The summed E-state index contributed by atoms with van der Waals surface area (Å²) >= 11 is 6.35. The Labute approximate surface area is 170 Å². The first-order valence-electron chi connectivity index (χ1n) is 9.20. The minimum atomic E-state index is -4.53. The highest BCUT2D eigenvalue weighted by Crippen LogP contribution is 2.48. The Morgan fingerprint density at radius 3 is 2.69 bits per heavy atom. The van der Waals surface area contributed by atoms with Gasteiger partial charge in [0.05, 0.1) is 0 Å². The van der Waals surface area contributed by atoms with Gasteiger partial charge in [0.25, 0.3) is 0 Å². The molecule has 0 aliphatic carbocycles. The summed E-state index contributed by atoms with van der Waals surface area (Å²) in [6.45, 7) is 2.13. The Balaban J connectivity index is 1.91. The number of benzene rings is 1. The number of alkyl halides is 3. The smallest absolute Gasteiger partial charge is 0.330 e. The van der Waals surface area contributed by atoms with Crippen LogP contribution < -0.4 is 11.0 Å². The largest absolute Gasteiger partial charge is 0.414 e. The minimum Gasteiger partial charge on any atom is -0.330 e. The Hall–Kier alpha value is -2.13. The second kappa shape index (κ2) is 6.98. The molecule has 2 aliphatic heterocycles. The van der Waals surface area contributed by atoms with Gasteiger partial charge in [0.1, 0.15) is 11.6 Å². The first-order valence-corrected chi connectivity index (χ1v) is 9.58. The van der Waals surface area contributed by atoms with Crippen LogP contribution >= 0.6 is 11.6 Å². The van der Waals surface area contributed by atoms with E-state index < -0.39 is 18.4 Å². The molecule has 2 aliphatic rings. The van der Waals surface area contributed by atoms with Crippen LogP contribution in [0, 0.1) is 0 Å². The highest BCUT2D eigenvalue weighted by atomic mass is 35.5. The van der Waals surface area contributed by atoms with Crippen molar-refractivity contribution in [3.8, 4) is 0 Å². The van der Waals surface area contributed by atoms with Crippen molar-refractivity contribution in [3.63, 3.8) is 0 Å². The molecule has 5 nitrogen and oxygen atoms in total. The number of hydrogen-bond donors (Lipinski definition) is 2. The summed E-state index contributed by atoms with van der Waals surface area (Å²) in [4.78, 5) is 14.3. The second-order valence-corrected chi connectivity index (χ2v) is 7.56. The predicted molar refractivity (Wildman–Crippen MR) is 105 cm³/mol. The van der Waals surface area contributed by atoms with Crippen molar-refractivity contribution >= 4 is 28.1 Å². The second-order valence-electron chi connectivity index (χ2n) is 7.15. The highest BCUT2D eigenvalue weighted by Gasteiger charge is 2.60. The molecule has 0 bridgehead atoms. The Kier molecular flexibility index (Phi) is 4.85. The van der Waals surface area contributed by atoms with E-state index in [1.54, 1.807) is 25.1 Å². The molecule has 2 N–H and O–H groups in total. The number of quaternary nitrogens is 1. The lowest BCUT2D eigenvalue weighted by atomic mass is 9.94. The number of methoxy groups -OCH3 is 1. The third-order valence-electron chi connectivity index (χ3n) is 5.64. The lowest BCUT2D eigenvalue weighted by molar-refractivity contribution is -0.971. The standard InChI is InChI=1S/C20H19ClF3N3O2/c1-3-27-16(29-2)9-6-13(18(27)17(21)19(26-27)20(22,23)24)11-4-7-14-12(10-11)5-8-15(28)25-14/h4-8,10,16,19,26H,3,9H2,1-2H3/p+1. The molecule has 0 spiro atoms. The molecule has 0 fully saturated rings. The van der Waals surface area contributed by atoms with Crippen LogP contribution in [0.4, 0.5) is 13.2 Å². The van der Waals surface area contributed by atoms with Crippen LogP contribution in [-0.4, -0.2) is 41.7 Å². The summed E-state index contributed by atoms with van der Waals surface area (Å²) in [6, 6.07) is 6.50. The van der Waals surface area contributed by atoms with Gasteiger partial charge < -0.3 is 9.72 Å². The van der Waals surface area contributed by atoms with Crippen molar-refractivity contribution in [2.24, 2.45) is 0 Å². The Morgan fingerprint density at radius 2 is 2.03 bits per heavy atom. The lowest BCUT2D eigenvalue weighted by Crippen LogP contribution is -2.65. The normalized spacial score (nSPS) is 27.3.